The fourth-order valence-electron chi connectivity index (χ4n) is 1.13. The number of rotatable bonds is 4. The maximum atomic E-state index is 5.66. The molecule has 0 aliphatic heterocycles. The number of allylic oxidation sites excluding steroid dienone is 1. The monoisotopic (exact) mass is 302 g/mol. The Kier molecular flexibility index (Phi) is 4.79. The van der Waals surface area contributed by atoms with E-state index in [0.717, 1.165) is 24.3 Å². The summed E-state index contributed by atoms with van der Waals surface area (Å²) in [7, 11) is 0. The van der Waals surface area contributed by atoms with Crippen LogP contribution in [0.5, 0.6) is 0 Å². The van der Waals surface area contributed by atoms with E-state index in [0.29, 0.717) is 0 Å². The summed E-state index contributed by atoms with van der Waals surface area (Å²) in [6, 6.07) is 5.91. The van der Waals surface area contributed by atoms with Gasteiger partial charge in [0.1, 0.15) is 0 Å². The second-order valence-electron chi connectivity index (χ2n) is 3.02. The van der Waals surface area contributed by atoms with Crippen LogP contribution in [0.3, 0.4) is 0 Å². The Balaban J connectivity index is 2.50. The van der Waals surface area contributed by atoms with Gasteiger partial charge in [-0.2, -0.15) is 0 Å². The second kappa shape index (κ2) is 5.90. The number of anilines is 2. The predicted octanol–water partition coefficient (Wildman–Crippen LogP) is 3.25. The van der Waals surface area contributed by atoms with Crippen molar-refractivity contribution in [2.45, 2.75) is 13.3 Å². The standard InChI is InChI=1S/C11H15IN2/c1-2-3-4-7-14-11-6-5-9(13)8-10(11)12/h2-3,5-6,8,14H,4,7,13H2,1H3/b3-2+. The largest absolute Gasteiger partial charge is 0.399 e. The van der Waals surface area contributed by atoms with Gasteiger partial charge in [0.15, 0.2) is 0 Å². The summed E-state index contributed by atoms with van der Waals surface area (Å²) >= 11 is 2.29. The van der Waals surface area contributed by atoms with Crippen molar-refractivity contribution >= 4 is 34.0 Å². The van der Waals surface area contributed by atoms with Gasteiger partial charge in [-0.05, 0) is 54.1 Å². The smallest absolute Gasteiger partial charge is 0.0477 e. The SMILES string of the molecule is C/C=C/CCNc1ccc(N)cc1I. The fraction of sp³-hybridized carbons (Fsp3) is 0.273. The average Bonchev–Trinajstić information content (AvgIpc) is 2.15. The summed E-state index contributed by atoms with van der Waals surface area (Å²) in [4.78, 5) is 0. The molecule has 3 heteroatoms. The van der Waals surface area contributed by atoms with Gasteiger partial charge in [0, 0.05) is 21.5 Å². The van der Waals surface area contributed by atoms with Crippen LogP contribution in [0.2, 0.25) is 0 Å². The van der Waals surface area contributed by atoms with Crippen LogP contribution in [0.4, 0.5) is 11.4 Å². The van der Waals surface area contributed by atoms with Crippen molar-refractivity contribution in [1.82, 2.24) is 0 Å². The minimum absolute atomic E-state index is 0.813. The molecule has 0 aliphatic rings. The maximum absolute atomic E-state index is 5.66. The van der Waals surface area contributed by atoms with Crippen LogP contribution in [0.1, 0.15) is 13.3 Å². The first-order chi connectivity index (χ1) is 6.74. The highest BCUT2D eigenvalue weighted by atomic mass is 127. The van der Waals surface area contributed by atoms with Crippen molar-refractivity contribution in [3.63, 3.8) is 0 Å². The van der Waals surface area contributed by atoms with Crippen molar-refractivity contribution < 1.29 is 0 Å². The number of halogens is 1. The van der Waals surface area contributed by atoms with E-state index >= 15 is 0 Å². The van der Waals surface area contributed by atoms with E-state index in [9.17, 15) is 0 Å². The summed E-state index contributed by atoms with van der Waals surface area (Å²) < 4.78 is 1.17. The van der Waals surface area contributed by atoms with E-state index in [1.165, 1.54) is 3.57 Å². The summed E-state index contributed by atoms with van der Waals surface area (Å²) in [6.07, 6.45) is 5.27. The first kappa shape index (κ1) is 11.4. The van der Waals surface area contributed by atoms with Crippen LogP contribution in [0.15, 0.2) is 30.4 Å². The molecule has 0 saturated carbocycles. The van der Waals surface area contributed by atoms with Crippen LogP contribution >= 0.6 is 22.6 Å². The normalized spacial score (nSPS) is 10.7. The molecule has 0 bridgehead atoms. The first-order valence-electron chi connectivity index (χ1n) is 4.64. The van der Waals surface area contributed by atoms with Gasteiger partial charge in [-0.1, -0.05) is 12.2 Å². The lowest BCUT2D eigenvalue weighted by Gasteiger charge is -2.07. The average molecular weight is 302 g/mol. The van der Waals surface area contributed by atoms with Crippen molar-refractivity contribution in [2.75, 3.05) is 17.6 Å². The van der Waals surface area contributed by atoms with Crippen molar-refractivity contribution in [3.05, 3.63) is 33.9 Å². The maximum Gasteiger partial charge on any atom is 0.0477 e. The van der Waals surface area contributed by atoms with E-state index < -0.39 is 0 Å². The third kappa shape index (κ3) is 3.57. The molecule has 0 aliphatic carbocycles. The molecule has 1 aromatic rings. The first-order valence-corrected chi connectivity index (χ1v) is 5.72. The van der Waals surface area contributed by atoms with Crippen LogP contribution < -0.4 is 11.1 Å². The number of hydrogen-bond acceptors (Lipinski definition) is 2. The molecule has 0 unspecified atom stereocenters. The summed E-state index contributed by atoms with van der Waals surface area (Å²) in [5.41, 5.74) is 7.63. The Bertz CT molecular complexity index is 321. The van der Waals surface area contributed by atoms with Gasteiger partial charge in [-0.15, -0.1) is 0 Å². The van der Waals surface area contributed by atoms with E-state index in [1.54, 1.807) is 0 Å². The number of benzene rings is 1. The number of hydrogen-bond donors (Lipinski definition) is 2. The molecule has 0 saturated heterocycles. The van der Waals surface area contributed by atoms with Crippen molar-refractivity contribution in [2.24, 2.45) is 0 Å². The van der Waals surface area contributed by atoms with Gasteiger partial charge in [-0.3, -0.25) is 0 Å². The van der Waals surface area contributed by atoms with E-state index in [2.05, 4.69) is 40.1 Å². The Morgan fingerprint density at radius 1 is 1.50 bits per heavy atom. The summed E-state index contributed by atoms with van der Waals surface area (Å²) in [5, 5.41) is 3.36. The van der Waals surface area contributed by atoms with Gasteiger partial charge in [0.05, 0.1) is 0 Å². The minimum atomic E-state index is 0.813. The highest BCUT2D eigenvalue weighted by Gasteiger charge is 1.97. The van der Waals surface area contributed by atoms with Gasteiger partial charge >= 0.3 is 0 Å². The zero-order valence-corrected chi connectivity index (χ0v) is 10.4. The van der Waals surface area contributed by atoms with Crippen LogP contribution in [-0.4, -0.2) is 6.54 Å². The third-order valence-corrected chi connectivity index (χ3v) is 2.75. The molecule has 0 fully saturated rings. The molecule has 0 spiro atoms. The van der Waals surface area contributed by atoms with Crippen molar-refractivity contribution in [3.8, 4) is 0 Å². The van der Waals surface area contributed by atoms with E-state index in [-0.39, 0.29) is 0 Å². The second-order valence-corrected chi connectivity index (χ2v) is 4.19. The molecule has 1 rings (SSSR count). The quantitative estimate of drug-likeness (QED) is 0.388. The Labute approximate surface area is 98.7 Å². The molecular weight excluding hydrogens is 287 g/mol. The Morgan fingerprint density at radius 3 is 2.93 bits per heavy atom. The van der Waals surface area contributed by atoms with Gasteiger partial charge in [-0.25, -0.2) is 0 Å². The topological polar surface area (TPSA) is 38.0 Å². The molecule has 3 N–H and O–H groups in total. The van der Waals surface area contributed by atoms with Gasteiger partial charge in [0.25, 0.3) is 0 Å². The molecule has 0 radical (unpaired) electrons. The molecule has 0 atom stereocenters. The summed E-state index contributed by atoms with van der Waals surface area (Å²) in [5.74, 6) is 0. The van der Waals surface area contributed by atoms with E-state index in [1.807, 2.05) is 25.1 Å². The highest BCUT2D eigenvalue weighted by Crippen LogP contribution is 2.20. The van der Waals surface area contributed by atoms with Crippen LogP contribution in [0.25, 0.3) is 0 Å². The Morgan fingerprint density at radius 2 is 2.29 bits per heavy atom. The van der Waals surface area contributed by atoms with Gasteiger partial charge < -0.3 is 11.1 Å². The van der Waals surface area contributed by atoms with Crippen molar-refractivity contribution in [1.29, 1.82) is 0 Å². The zero-order valence-electron chi connectivity index (χ0n) is 8.26. The Hall–Kier alpha value is -0.710. The molecule has 76 valence electrons. The number of nitrogen functional groups attached to an aromatic ring is 1. The van der Waals surface area contributed by atoms with E-state index in [4.69, 9.17) is 5.73 Å². The predicted molar refractivity (Wildman–Crippen MR) is 71.5 cm³/mol. The molecular formula is C11H15IN2. The lowest BCUT2D eigenvalue weighted by Crippen LogP contribution is -2.02. The lowest BCUT2D eigenvalue weighted by atomic mass is 10.3. The fourth-order valence-corrected chi connectivity index (χ4v) is 1.86. The van der Waals surface area contributed by atoms with Crippen LogP contribution in [-0.2, 0) is 0 Å². The number of nitrogens with one attached hydrogen (secondary N) is 1. The van der Waals surface area contributed by atoms with Gasteiger partial charge in [0.2, 0.25) is 0 Å². The highest BCUT2D eigenvalue weighted by molar-refractivity contribution is 14.1. The van der Waals surface area contributed by atoms with Crippen LogP contribution in [0, 0.1) is 3.57 Å². The molecule has 2 nitrogen and oxygen atoms in total. The molecule has 0 amide bonds. The summed E-state index contributed by atoms with van der Waals surface area (Å²) in [6.45, 7) is 3.00. The molecule has 14 heavy (non-hydrogen) atoms. The number of nitrogens with two attached hydrogens (primary N) is 1. The zero-order chi connectivity index (χ0) is 10.4. The lowest BCUT2D eigenvalue weighted by molar-refractivity contribution is 1.06. The molecule has 0 heterocycles. The third-order valence-electron chi connectivity index (χ3n) is 1.86. The molecule has 1 aromatic carbocycles. The minimum Gasteiger partial charge on any atom is -0.399 e. The molecule has 0 aromatic heterocycles.